The number of hydrogen-bond donors (Lipinski definition) is 0. The predicted molar refractivity (Wildman–Crippen MR) is 147 cm³/mol. The molecule has 0 radical (unpaired) electrons. The summed E-state index contributed by atoms with van der Waals surface area (Å²) in [6, 6.07) is 19.6. The average molecular weight is 443 g/mol. The highest BCUT2D eigenvalue weighted by Crippen LogP contribution is 2.21. The van der Waals surface area contributed by atoms with E-state index in [4.69, 9.17) is 0 Å². The highest BCUT2D eigenvalue weighted by molar-refractivity contribution is 5.90. The number of nitrogens with zero attached hydrogens (tertiary/aromatic N) is 2. The Labute approximate surface area is 201 Å². The smallest absolute Gasteiger partial charge is 0.0707 e. The van der Waals surface area contributed by atoms with Gasteiger partial charge in [0, 0.05) is 30.4 Å². The van der Waals surface area contributed by atoms with Crippen molar-refractivity contribution < 1.29 is 0 Å². The number of unbranched alkanes of at least 4 members (excludes halogenated alkanes) is 8. The number of fused-ring (bicyclic) bond motifs is 1. The molecule has 0 saturated carbocycles. The monoisotopic (exact) mass is 442 g/mol. The first kappa shape index (κ1) is 25.0. The Hall–Kier alpha value is -2.61. The molecular weight excluding hydrogens is 400 g/mol. The minimum Gasteiger partial charge on any atom is -0.372 e. The fourth-order valence-corrected chi connectivity index (χ4v) is 4.43. The van der Waals surface area contributed by atoms with Gasteiger partial charge in [-0.2, -0.15) is 0 Å². The zero-order valence-electron chi connectivity index (χ0n) is 20.8. The molecule has 0 bridgehead atoms. The normalized spacial score (nSPS) is 11.5. The Kier molecular flexibility index (Phi) is 11.0. The fraction of sp³-hybridized carbons (Fsp3) is 0.452. The van der Waals surface area contributed by atoms with E-state index in [-0.39, 0.29) is 0 Å². The molecule has 3 aromatic rings. The molecule has 3 rings (SSSR count). The molecule has 0 atom stereocenters. The Morgan fingerprint density at radius 3 is 1.97 bits per heavy atom. The number of pyridine rings is 1. The van der Waals surface area contributed by atoms with Crippen molar-refractivity contribution in [1.29, 1.82) is 0 Å². The van der Waals surface area contributed by atoms with Gasteiger partial charge in [0.05, 0.1) is 5.52 Å². The number of rotatable bonds is 15. The molecule has 0 N–H and O–H groups in total. The molecule has 0 aliphatic rings. The van der Waals surface area contributed by atoms with Crippen molar-refractivity contribution in [3.8, 4) is 0 Å². The molecule has 2 nitrogen and oxygen atoms in total. The van der Waals surface area contributed by atoms with E-state index >= 15 is 0 Å². The van der Waals surface area contributed by atoms with Crippen molar-refractivity contribution in [3.63, 3.8) is 0 Å². The summed E-state index contributed by atoms with van der Waals surface area (Å²) in [7, 11) is 0. The van der Waals surface area contributed by atoms with Gasteiger partial charge in [-0.3, -0.25) is 4.98 Å². The molecule has 0 fully saturated rings. The second-order valence-electron chi connectivity index (χ2n) is 9.16. The molecular formula is C31H42N2. The van der Waals surface area contributed by atoms with Crippen LogP contribution < -0.4 is 4.90 Å². The summed E-state index contributed by atoms with van der Waals surface area (Å²) in [4.78, 5) is 7.08. The Balaban J connectivity index is 1.63. The third kappa shape index (κ3) is 8.35. The summed E-state index contributed by atoms with van der Waals surface area (Å²) in [6.07, 6.45) is 19.7. The van der Waals surface area contributed by atoms with Crippen LogP contribution in [0.2, 0.25) is 0 Å². The molecule has 0 aliphatic carbocycles. The summed E-state index contributed by atoms with van der Waals surface area (Å²) in [6.45, 7) is 6.93. The van der Waals surface area contributed by atoms with E-state index in [1.165, 1.54) is 99.5 Å². The molecule has 0 aliphatic heterocycles. The third-order valence-corrected chi connectivity index (χ3v) is 6.46. The molecule has 176 valence electrons. The first-order valence-corrected chi connectivity index (χ1v) is 13.2. The van der Waals surface area contributed by atoms with E-state index in [9.17, 15) is 0 Å². The molecule has 0 amide bonds. The van der Waals surface area contributed by atoms with Crippen LogP contribution in [-0.4, -0.2) is 18.1 Å². The maximum absolute atomic E-state index is 4.47. The third-order valence-electron chi connectivity index (χ3n) is 6.46. The van der Waals surface area contributed by atoms with Gasteiger partial charge in [-0.05, 0) is 48.2 Å². The molecule has 1 aromatic heterocycles. The summed E-state index contributed by atoms with van der Waals surface area (Å²) in [5, 5.41) is 1.20. The molecule has 0 unspecified atom stereocenters. The lowest BCUT2D eigenvalue weighted by atomic mass is 10.1. The predicted octanol–water partition coefficient (Wildman–Crippen LogP) is 9.15. The largest absolute Gasteiger partial charge is 0.372 e. The van der Waals surface area contributed by atoms with Crippen LogP contribution in [0.25, 0.3) is 23.1 Å². The van der Waals surface area contributed by atoms with Crippen LogP contribution in [0.5, 0.6) is 0 Å². The minimum atomic E-state index is 1.04. The van der Waals surface area contributed by atoms with Gasteiger partial charge >= 0.3 is 0 Å². The Morgan fingerprint density at radius 2 is 1.30 bits per heavy atom. The van der Waals surface area contributed by atoms with Crippen molar-refractivity contribution >= 4 is 28.7 Å². The topological polar surface area (TPSA) is 16.1 Å². The molecule has 33 heavy (non-hydrogen) atoms. The van der Waals surface area contributed by atoms with Crippen LogP contribution in [0, 0.1) is 0 Å². The number of benzene rings is 2. The van der Waals surface area contributed by atoms with E-state index in [0.717, 1.165) is 5.52 Å². The standard InChI is InChI=1S/C31H42N2/c1-3-5-7-9-13-25-33(26-14-10-8-6-4-2)29-21-18-27(19-22-29)17-20-28-23-24-32-31-16-12-11-15-30(28)31/h11-12,15-24H,3-10,13-14,25-26H2,1-2H3. The second kappa shape index (κ2) is 14.5. The molecule has 1 heterocycles. The Bertz CT molecular complexity index is 939. The number of aromatic nitrogens is 1. The first-order valence-electron chi connectivity index (χ1n) is 13.2. The minimum absolute atomic E-state index is 1.04. The van der Waals surface area contributed by atoms with E-state index in [1.54, 1.807) is 0 Å². The van der Waals surface area contributed by atoms with E-state index in [0.29, 0.717) is 0 Å². The van der Waals surface area contributed by atoms with Crippen LogP contribution in [0.1, 0.15) is 89.2 Å². The summed E-state index contributed by atoms with van der Waals surface area (Å²) >= 11 is 0. The van der Waals surface area contributed by atoms with Crippen LogP contribution in [0.15, 0.2) is 60.8 Å². The lowest BCUT2D eigenvalue weighted by Gasteiger charge is -2.25. The van der Waals surface area contributed by atoms with Gasteiger partial charge in [-0.15, -0.1) is 0 Å². The first-order chi connectivity index (χ1) is 16.3. The van der Waals surface area contributed by atoms with Crippen molar-refractivity contribution in [1.82, 2.24) is 4.98 Å². The second-order valence-corrected chi connectivity index (χ2v) is 9.16. The summed E-state index contributed by atoms with van der Waals surface area (Å²) in [5.74, 6) is 0. The van der Waals surface area contributed by atoms with Crippen molar-refractivity contribution in [2.75, 3.05) is 18.0 Å². The summed E-state index contributed by atoms with van der Waals surface area (Å²) < 4.78 is 0. The number of para-hydroxylation sites is 1. The highest BCUT2D eigenvalue weighted by atomic mass is 15.1. The van der Waals surface area contributed by atoms with Gasteiger partial charge in [0.1, 0.15) is 0 Å². The van der Waals surface area contributed by atoms with Crippen LogP contribution >= 0.6 is 0 Å². The van der Waals surface area contributed by atoms with Gasteiger partial charge < -0.3 is 4.90 Å². The lowest BCUT2D eigenvalue weighted by Crippen LogP contribution is -2.25. The molecule has 0 spiro atoms. The maximum Gasteiger partial charge on any atom is 0.0707 e. The quantitative estimate of drug-likeness (QED) is 0.218. The highest BCUT2D eigenvalue weighted by Gasteiger charge is 2.06. The SMILES string of the molecule is CCCCCCCN(CCCCCCC)c1ccc(C=Cc2ccnc3ccccc23)cc1. The van der Waals surface area contributed by atoms with Gasteiger partial charge in [-0.1, -0.05) is 108 Å². The fourth-order valence-electron chi connectivity index (χ4n) is 4.43. The van der Waals surface area contributed by atoms with Crippen molar-refractivity contribution in [2.45, 2.75) is 78.1 Å². The average Bonchev–Trinajstić information content (AvgIpc) is 2.86. The molecule has 2 heteroatoms. The zero-order valence-corrected chi connectivity index (χ0v) is 20.8. The molecule has 2 aromatic carbocycles. The van der Waals surface area contributed by atoms with Gasteiger partial charge in [0.2, 0.25) is 0 Å². The van der Waals surface area contributed by atoms with E-state index in [2.05, 4.69) is 84.4 Å². The van der Waals surface area contributed by atoms with Crippen LogP contribution in [0.3, 0.4) is 0 Å². The van der Waals surface area contributed by atoms with Gasteiger partial charge in [0.25, 0.3) is 0 Å². The van der Waals surface area contributed by atoms with E-state index < -0.39 is 0 Å². The maximum atomic E-state index is 4.47. The number of hydrogen-bond acceptors (Lipinski definition) is 2. The van der Waals surface area contributed by atoms with Crippen molar-refractivity contribution in [2.24, 2.45) is 0 Å². The van der Waals surface area contributed by atoms with Crippen molar-refractivity contribution in [3.05, 3.63) is 71.9 Å². The number of anilines is 1. The van der Waals surface area contributed by atoms with Gasteiger partial charge in [0.15, 0.2) is 0 Å². The summed E-state index contributed by atoms with van der Waals surface area (Å²) in [5.41, 5.74) is 4.87. The molecule has 0 saturated heterocycles. The Morgan fingerprint density at radius 1 is 0.667 bits per heavy atom. The van der Waals surface area contributed by atoms with Crippen LogP contribution in [0.4, 0.5) is 5.69 Å². The van der Waals surface area contributed by atoms with Gasteiger partial charge in [-0.25, -0.2) is 0 Å². The van der Waals surface area contributed by atoms with E-state index in [1.807, 2.05) is 12.3 Å². The van der Waals surface area contributed by atoms with Crippen LogP contribution in [-0.2, 0) is 0 Å². The zero-order chi connectivity index (χ0) is 23.1. The lowest BCUT2D eigenvalue weighted by molar-refractivity contribution is 0.589.